The van der Waals surface area contributed by atoms with Crippen molar-refractivity contribution in [3.8, 4) is 5.75 Å². The summed E-state index contributed by atoms with van der Waals surface area (Å²) in [5.41, 5.74) is 0.652. The molecule has 0 N–H and O–H groups in total. The maximum atomic E-state index is 12.8. The fraction of sp³-hybridized carbons (Fsp3) is 0.522. The Kier molecular flexibility index (Phi) is 6.72. The number of nitrogens with zero attached hydrogens (tertiary/aromatic N) is 3. The molecule has 4 rings (SSSR count). The number of carbonyl (C=O) groups is 2. The molecule has 2 fully saturated rings. The zero-order valence-electron chi connectivity index (χ0n) is 17.2. The van der Waals surface area contributed by atoms with E-state index in [1.54, 1.807) is 23.2 Å². The fourth-order valence-corrected chi connectivity index (χ4v) is 4.60. The Hall–Kier alpha value is -2.34. The predicted molar refractivity (Wildman–Crippen MR) is 117 cm³/mol. The molecule has 6 nitrogen and oxygen atoms in total. The van der Waals surface area contributed by atoms with E-state index < -0.39 is 0 Å². The van der Waals surface area contributed by atoms with Crippen molar-refractivity contribution >= 4 is 34.3 Å². The Labute approximate surface area is 182 Å². The highest BCUT2D eigenvalue weighted by Gasteiger charge is 2.30. The molecule has 0 aliphatic carbocycles. The Morgan fingerprint density at radius 2 is 1.73 bits per heavy atom. The second kappa shape index (κ2) is 9.65. The third-order valence-electron chi connectivity index (χ3n) is 6.15. The van der Waals surface area contributed by atoms with E-state index in [1.165, 1.54) is 12.8 Å². The predicted octanol–water partition coefficient (Wildman–Crippen LogP) is 3.91. The van der Waals surface area contributed by atoms with Crippen LogP contribution in [0.3, 0.4) is 0 Å². The number of fused-ring (bicyclic) bond motifs is 1. The van der Waals surface area contributed by atoms with Crippen LogP contribution < -0.4 is 4.74 Å². The van der Waals surface area contributed by atoms with Crippen molar-refractivity contribution in [2.75, 3.05) is 32.8 Å². The van der Waals surface area contributed by atoms with E-state index in [9.17, 15) is 9.59 Å². The molecule has 1 aromatic carbocycles. The molecule has 2 aliphatic rings. The summed E-state index contributed by atoms with van der Waals surface area (Å²) in [6, 6.07) is 7.20. The van der Waals surface area contributed by atoms with Gasteiger partial charge < -0.3 is 14.5 Å². The molecule has 0 spiro atoms. The average Bonchev–Trinajstić information content (AvgIpc) is 3.08. The molecule has 7 heteroatoms. The van der Waals surface area contributed by atoms with Gasteiger partial charge in [0, 0.05) is 43.7 Å². The molecular weight excluding hydrogens is 402 g/mol. The zero-order chi connectivity index (χ0) is 20.9. The summed E-state index contributed by atoms with van der Waals surface area (Å²) < 4.78 is 5.79. The average molecular weight is 430 g/mol. The van der Waals surface area contributed by atoms with Crippen LogP contribution in [0.5, 0.6) is 5.75 Å². The first-order valence-electron chi connectivity index (χ1n) is 10.9. The molecule has 2 aromatic rings. The van der Waals surface area contributed by atoms with Gasteiger partial charge in [0.1, 0.15) is 11.3 Å². The highest BCUT2D eigenvalue weighted by molar-refractivity contribution is 6.35. The number of amides is 2. The topological polar surface area (TPSA) is 62.7 Å². The number of likely N-dealkylation sites (tertiary alicyclic amines) is 2. The molecular formula is C23H28ClN3O3. The van der Waals surface area contributed by atoms with Crippen LogP contribution in [-0.2, 0) is 9.59 Å². The number of pyridine rings is 1. The standard InChI is InChI=1S/C23H28ClN3O3/c24-19-7-8-20(22-18(19)6-5-11-25-22)30-16-21(28)26-14-9-17(10-15-26)23(29)27-12-3-1-2-4-13-27/h5-8,11,17H,1-4,9-10,12-16H2. The largest absolute Gasteiger partial charge is 0.481 e. The van der Waals surface area contributed by atoms with Crippen molar-refractivity contribution in [3.05, 3.63) is 35.5 Å². The minimum absolute atomic E-state index is 0.0393. The molecule has 3 heterocycles. The van der Waals surface area contributed by atoms with Crippen molar-refractivity contribution in [1.29, 1.82) is 0 Å². The zero-order valence-corrected chi connectivity index (χ0v) is 17.9. The Morgan fingerprint density at radius 3 is 2.47 bits per heavy atom. The lowest BCUT2D eigenvalue weighted by Crippen LogP contribution is -2.45. The lowest BCUT2D eigenvalue weighted by Gasteiger charge is -2.34. The molecule has 2 saturated heterocycles. The summed E-state index contributed by atoms with van der Waals surface area (Å²) in [4.78, 5) is 33.7. The number of hydrogen-bond acceptors (Lipinski definition) is 4. The van der Waals surface area contributed by atoms with Gasteiger partial charge in [0.2, 0.25) is 5.91 Å². The van der Waals surface area contributed by atoms with Gasteiger partial charge in [-0.1, -0.05) is 24.4 Å². The van der Waals surface area contributed by atoms with Gasteiger partial charge in [0.15, 0.2) is 6.61 Å². The van der Waals surface area contributed by atoms with Crippen LogP contribution >= 0.6 is 11.6 Å². The molecule has 30 heavy (non-hydrogen) atoms. The normalized spacial score (nSPS) is 18.3. The molecule has 1 aromatic heterocycles. The van der Waals surface area contributed by atoms with Crippen LogP contribution in [-0.4, -0.2) is 59.4 Å². The van der Waals surface area contributed by atoms with Gasteiger partial charge in [-0.25, -0.2) is 0 Å². The van der Waals surface area contributed by atoms with E-state index in [0.29, 0.717) is 29.4 Å². The van der Waals surface area contributed by atoms with Crippen LogP contribution in [0.1, 0.15) is 38.5 Å². The van der Waals surface area contributed by atoms with E-state index in [4.69, 9.17) is 16.3 Å². The molecule has 2 amide bonds. The lowest BCUT2D eigenvalue weighted by atomic mass is 9.95. The molecule has 0 bridgehead atoms. The van der Waals surface area contributed by atoms with Gasteiger partial charge in [0.05, 0.1) is 5.02 Å². The van der Waals surface area contributed by atoms with Gasteiger partial charge in [-0.15, -0.1) is 0 Å². The van der Waals surface area contributed by atoms with Gasteiger partial charge >= 0.3 is 0 Å². The highest BCUT2D eigenvalue weighted by atomic mass is 35.5. The second-order valence-corrected chi connectivity index (χ2v) is 8.54. The van der Waals surface area contributed by atoms with Crippen molar-refractivity contribution in [2.24, 2.45) is 5.92 Å². The Bertz CT molecular complexity index is 904. The van der Waals surface area contributed by atoms with Crippen LogP contribution in [0.25, 0.3) is 10.9 Å². The number of halogens is 1. The van der Waals surface area contributed by atoms with Crippen molar-refractivity contribution in [1.82, 2.24) is 14.8 Å². The highest BCUT2D eigenvalue weighted by Crippen LogP contribution is 2.29. The molecule has 0 unspecified atom stereocenters. The van der Waals surface area contributed by atoms with E-state index in [2.05, 4.69) is 4.98 Å². The third kappa shape index (κ3) is 4.69. The summed E-state index contributed by atoms with van der Waals surface area (Å²) in [5, 5.41) is 1.41. The minimum Gasteiger partial charge on any atom is -0.481 e. The summed E-state index contributed by atoms with van der Waals surface area (Å²) in [5.74, 6) is 0.806. The number of ether oxygens (including phenoxy) is 1. The molecule has 0 radical (unpaired) electrons. The van der Waals surface area contributed by atoms with E-state index in [1.807, 2.05) is 17.0 Å². The number of benzene rings is 1. The van der Waals surface area contributed by atoms with Crippen molar-refractivity contribution in [2.45, 2.75) is 38.5 Å². The fourth-order valence-electron chi connectivity index (χ4n) is 4.38. The first-order valence-corrected chi connectivity index (χ1v) is 11.2. The summed E-state index contributed by atoms with van der Waals surface area (Å²) in [7, 11) is 0. The van der Waals surface area contributed by atoms with Gasteiger partial charge in [0.25, 0.3) is 5.91 Å². The minimum atomic E-state index is -0.0605. The second-order valence-electron chi connectivity index (χ2n) is 8.13. The van der Waals surface area contributed by atoms with E-state index in [-0.39, 0.29) is 24.3 Å². The van der Waals surface area contributed by atoms with Crippen molar-refractivity contribution < 1.29 is 14.3 Å². The van der Waals surface area contributed by atoms with Crippen molar-refractivity contribution in [3.63, 3.8) is 0 Å². The Balaban J connectivity index is 1.30. The van der Waals surface area contributed by atoms with Crippen LogP contribution in [0.2, 0.25) is 5.02 Å². The Morgan fingerprint density at radius 1 is 1.00 bits per heavy atom. The maximum Gasteiger partial charge on any atom is 0.260 e. The molecule has 160 valence electrons. The van der Waals surface area contributed by atoms with Crippen LogP contribution in [0, 0.1) is 5.92 Å². The SMILES string of the molecule is O=C(COc1ccc(Cl)c2cccnc12)N1CCC(C(=O)N2CCCCCC2)CC1. The number of carbonyl (C=O) groups excluding carboxylic acids is 2. The maximum absolute atomic E-state index is 12.8. The monoisotopic (exact) mass is 429 g/mol. The molecule has 2 aliphatic heterocycles. The quantitative estimate of drug-likeness (QED) is 0.739. The van der Waals surface area contributed by atoms with E-state index >= 15 is 0 Å². The lowest BCUT2D eigenvalue weighted by molar-refractivity contribution is -0.141. The summed E-state index contributed by atoms with van der Waals surface area (Å²) >= 11 is 6.22. The summed E-state index contributed by atoms with van der Waals surface area (Å²) in [6.07, 6.45) is 7.78. The molecule has 0 saturated carbocycles. The van der Waals surface area contributed by atoms with Gasteiger partial charge in [-0.2, -0.15) is 0 Å². The third-order valence-corrected chi connectivity index (χ3v) is 6.47. The molecule has 0 atom stereocenters. The first-order chi connectivity index (χ1) is 14.6. The van der Waals surface area contributed by atoms with Gasteiger partial charge in [-0.05, 0) is 49.9 Å². The number of piperidine rings is 1. The van der Waals surface area contributed by atoms with Crippen LogP contribution in [0.4, 0.5) is 0 Å². The number of hydrogen-bond donors (Lipinski definition) is 0. The number of rotatable bonds is 4. The van der Waals surface area contributed by atoms with E-state index in [0.717, 1.165) is 44.2 Å². The van der Waals surface area contributed by atoms with Gasteiger partial charge in [-0.3, -0.25) is 14.6 Å². The van der Waals surface area contributed by atoms with Crippen LogP contribution in [0.15, 0.2) is 30.5 Å². The first kappa shape index (κ1) is 20.9. The number of aromatic nitrogens is 1. The smallest absolute Gasteiger partial charge is 0.260 e. The summed E-state index contributed by atoms with van der Waals surface area (Å²) in [6.45, 7) is 2.93.